The lowest BCUT2D eigenvalue weighted by atomic mass is 10.0. The Bertz CT molecular complexity index is 1410. The second-order valence-electron chi connectivity index (χ2n) is 10.3. The van der Waals surface area contributed by atoms with E-state index in [1.807, 2.05) is 49.4 Å². The number of rotatable bonds is 16. The normalized spacial score (nSPS) is 13.9. The number of ether oxygens (including phenoxy) is 1. The highest BCUT2D eigenvalue weighted by molar-refractivity contribution is 7.89. The highest BCUT2D eigenvalue weighted by Crippen LogP contribution is 2.26. The minimum Gasteiger partial charge on any atom is -0.382 e. The summed E-state index contributed by atoms with van der Waals surface area (Å²) in [5.41, 5.74) is 2.38. The Labute approximate surface area is 253 Å². The van der Waals surface area contributed by atoms with Crippen LogP contribution in [0.15, 0.2) is 83.8 Å². The standard InChI is InChI=1S/C32H38ClN3O5S/c1-2-41-22-6-21-34-32(38)31(26-7-4-3-5-8-26)36(23-25-9-14-27(33)15-10-25)30(37)20-13-24-11-18-29(19-12-24)42(39,40)35-28-16-17-28/h3-5,7-12,14-15,18-19,28,31,35H,2,6,13,16-17,20-23H2,1H3,(H,34,38)/t31-/m1/s1. The Kier molecular flexibility index (Phi) is 11.5. The van der Waals surface area contributed by atoms with Gasteiger partial charge in [-0.1, -0.05) is 66.2 Å². The zero-order valence-corrected chi connectivity index (χ0v) is 25.4. The Balaban J connectivity index is 1.52. The van der Waals surface area contributed by atoms with Crippen molar-refractivity contribution in [1.82, 2.24) is 14.9 Å². The summed E-state index contributed by atoms with van der Waals surface area (Å²) < 4.78 is 33.1. The molecule has 1 fully saturated rings. The van der Waals surface area contributed by atoms with Crippen LogP contribution in [0.5, 0.6) is 0 Å². The van der Waals surface area contributed by atoms with Crippen molar-refractivity contribution in [3.05, 3.63) is 101 Å². The molecule has 224 valence electrons. The van der Waals surface area contributed by atoms with E-state index in [0.29, 0.717) is 43.2 Å². The highest BCUT2D eigenvalue weighted by atomic mass is 35.5. The number of carbonyl (C=O) groups is 2. The molecule has 42 heavy (non-hydrogen) atoms. The van der Waals surface area contributed by atoms with Crippen LogP contribution in [0, 0.1) is 0 Å². The van der Waals surface area contributed by atoms with Gasteiger partial charge in [-0.25, -0.2) is 13.1 Å². The van der Waals surface area contributed by atoms with Crippen LogP contribution in [0.4, 0.5) is 0 Å². The molecule has 0 aliphatic heterocycles. The Morgan fingerprint density at radius 2 is 1.64 bits per heavy atom. The van der Waals surface area contributed by atoms with Gasteiger partial charge in [0.2, 0.25) is 21.8 Å². The quantitative estimate of drug-likeness (QED) is 0.221. The third-order valence-electron chi connectivity index (χ3n) is 6.99. The predicted octanol–water partition coefficient (Wildman–Crippen LogP) is 5.03. The topological polar surface area (TPSA) is 105 Å². The fourth-order valence-corrected chi connectivity index (χ4v) is 5.99. The molecule has 4 rings (SSSR count). The summed E-state index contributed by atoms with van der Waals surface area (Å²) in [6.07, 6.45) is 2.92. The number of nitrogens with one attached hydrogen (secondary N) is 2. The summed E-state index contributed by atoms with van der Waals surface area (Å²) in [5, 5.41) is 3.57. The van der Waals surface area contributed by atoms with Gasteiger partial charge < -0.3 is 15.0 Å². The maximum absolute atomic E-state index is 13.9. The molecular formula is C32H38ClN3O5S. The van der Waals surface area contributed by atoms with Gasteiger partial charge in [-0.15, -0.1) is 0 Å². The van der Waals surface area contributed by atoms with Crippen molar-refractivity contribution in [2.45, 2.75) is 62.6 Å². The van der Waals surface area contributed by atoms with Crippen LogP contribution in [0.25, 0.3) is 0 Å². The van der Waals surface area contributed by atoms with E-state index in [4.69, 9.17) is 16.3 Å². The maximum Gasteiger partial charge on any atom is 0.247 e. The fraction of sp³-hybridized carbons (Fsp3) is 0.375. The first-order chi connectivity index (χ1) is 20.3. The van der Waals surface area contributed by atoms with Gasteiger partial charge in [0.1, 0.15) is 6.04 Å². The largest absolute Gasteiger partial charge is 0.382 e. The Morgan fingerprint density at radius 3 is 2.29 bits per heavy atom. The molecule has 0 saturated heterocycles. The van der Waals surface area contributed by atoms with Gasteiger partial charge in [0.05, 0.1) is 4.90 Å². The van der Waals surface area contributed by atoms with Crippen molar-refractivity contribution >= 4 is 33.4 Å². The molecule has 0 spiro atoms. The second kappa shape index (κ2) is 15.3. The van der Waals surface area contributed by atoms with Gasteiger partial charge in [-0.05, 0) is 73.6 Å². The number of aryl methyl sites for hydroxylation is 1. The number of hydrogen-bond donors (Lipinski definition) is 2. The number of amides is 2. The molecule has 1 aliphatic rings. The molecule has 0 aromatic heterocycles. The van der Waals surface area contributed by atoms with E-state index in [-0.39, 0.29) is 35.7 Å². The zero-order chi connectivity index (χ0) is 30.0. The summed E-state index contributed by atoms with van der Waals surface area (Å²) in [5.74, 6) is -0.465. The molecular weight excluding hydrogens is 574 g/mol. The van der Waals surface area contributed by atoms with Crippen LogP contribution in [-0.2, 0) is 37.3 Å². The lowest BCUT2D eigenvalue weighted by Gasteiger charge is -2.32. The third-order valence-corrected chi connectivity index (χ3v) is 8.78. The van der Waals surface area contributed by atoms with Gasteiger partial charge >= 0.3 is 0 Å². The van der Waals surface area contributed by atoms with Crippen LogP contribution in [-0.4, -0.2) is 50.9 Å². The van der Waals surface area contributed by atoms with E-state index in [9.17, 15) is 18.0 Å². The van der Waals surface area contributed by atoms with E-state index in [1.165, 1.54) is 0 Å². The molecule has 0 unspecified atom stereocenters. The second-order valence-corrected chi connectivity index (χ2v) is 12.5. The van der Waals surface area contributed by atoms with Crippen LogP contribution >= 0.6 is 11.6 Å². The number of benzene rings is 3. The number of sulfonamides is 1. The zero-order valence-electron chi connectivity index (χ0n) is 23.8. The molecule has 0 radical (unpaired) electrons. The highest BCUT2D eigenvalue weighted by Gasteiger charge is 2.31. The van der Waals surface area contributed by atoms with Gasteiger partial charge in [-0.2, -0.15) is 0 Å². The summed E-state index contributed by atoms with van der Waals surface area (Å²) in [4.78, 5) is 29.3. The number of nitrogens with zero attached hydrogens (tertiary/aromatic N) is 1. The van der Waals surface area contributed by atoms with E-state index < -0.39 is 16.1 Å². The summed E-state index contributed by atoms with van der Waals surface area (Å²) in [7, 11) is -3.55. The Hall–Kier alpha value is -3.24. The van der Waals surface area contributed by atoms with Crippen molar-refractivity contribution in [1.29, 1.82) is 0 Å². The van der Waals surface area contributed by atoms with Crippen molar-refractivity contribution in [2.24, 2.45) is 0 Å². The van der Waals surface area contributed by atoms with E-state index in [0.717, 1.165) is 24.0 Å². The first-order valence-electron chi connectivity index (χ1n) is 14.3. The van der Waals surface area contributed by atoms with E-state index in [1.54, 1.807) is 41.3 Å². The molecule has 0 heterocycles. The average Bonchev–Trinajstić information content (AvgIpc) is 3.80. The van der Waals surface area contributed by atoms with Gasteiger partial charge in [-0.3, -0.25) is 9.59 Å². The van der Waals surface area contributed by atoms with E-state index >= 15 is 0 Å². The van der Waals surface area contributed by atoms with Crippen molar-refractivity contribution in [3.63, 3.8) is 0 Å². The molecule has 0 bridgehead atoms. The van der Waals surface area contributed by atoms with Crippen molar-refractivity contribution in [3.8, 4) is 0 Å². The molecule has 1 atom stereocenters. The molecule has 10 heteroatoms. The van der Waals surface area contributed by atoms with Gasteiger partial charge in [0, 0.05) is 43.8 Å². The monoisotopic (exact) mass is 611 g/mol. The van der Waals surface area contributed by atoms with Crippen LogP contribution in [0.2, 0.25) is 5.02 Å². The van der Waals surface area contributed by atoms with Gasteiger partial charge in [0.15, 0.2) is 0 Å². The maximum atomic E-state index is 13.9. The number of carbonyl (C=O) groups excluding carboxylic acids is 2. The average molecular weight is 612 g/mol. The minimum atomic E-state index is -3.55. The van der Waals surface area contributed by atoms with Crippen molar-refractivity contribution < 1.29 is 22.7 Å². The molecule has 3 aromatic rings. The van der Waals surface area contributed by atoms with Gasteiger partial charge in [0.25, 0.3) is 0 Å². The molecule has 8 nitrogen and oxygen atoms in total. The lowest BCUT2D eigenvalue weighted by molar-refractivity contribution is -0.141. The smallest absolute Gasteiger partial charge is 0.247 e. The minimum absolute atomic E-state index is 0.0263. The SMILES string of the molecule is CCOCCCNC(=O)[C@@H](c1ccccc1)N(Cc1ccc(Cl)cc1)C(=O)CCc1ccc(S(=O)(=O)NC2CC2)cc1. The number of hydrogen-bond acceptors (Lipinski definition) is 5. The summed E-state index contributed by atoms with van der Waals surface area (Å²) >= 11 is 6.10. The molecule has 2 amide bonds. The first-order valence-corrected chi connectivity index (χ1v) is 16.2. The van der Waals surface area contributed by atoms with Crippen LogP contribution < -0.4 is 10.0 Å². The van der Waals surface area contributed by atoms with Crippen molar-refractivity contribution in [2.75, 3.05) is 19.8 Å². The van der Waals surface area contributed by atoms with Crippen LogP contribution in [0.3, 0.4) is 0 Å². The van der Waals surface area contributed by atoms with E-state index in [2.05, 4.69) is 10.0 Å². The summed E-state index contributed by atoms with van der Waals surface area (Å²) in [6, 6.07) is 22.3. The number of halogens is 1. The van der Waals surface area contributed by atoms with Crippen LogP contribution in [0.1, 0.15) is 55.3 Å². The summed E-state index contributed by atoms with van der Waals surface area (Å²) in [6.45, 7) is 3.71. The predicted molar refractivity (Wildman–Crippen MR) is 163 cm³/mol. The Morgan fingerprint density at radius 1 is 0.976 bits per heavy atom. The molecule has 2 N–H and O–H groups in total. The fourth-order valence-electron chi connectivity index (χ4n) is 4.56. The molecule has 1 saturated carbocycles. The first kappa shape index (κ1) is 31.7. The molecule has 1 aliphatic carbocycles. The third kappa shape index (κ3) is 9.39. The molecule has 3 aromatic carbocycles. The lowest BCUT2D eigenvalue weighted by Crippen LogP contribution is -2.43.